The summed E-state index contributed by atoms with van der Waals surface area (Å²) in [5, 5.41) is 14.1. The first-order chi connectivity index (χ1) is 20.1. The molecule has 0 fully saturated rings. The van der Waals surface area contributed by atoms with E-state index >= 15 is 0 Å². The van der Waals surface area contributed by atoms with Crippen LogP contribution < -0.4 is 10.2 Å². The second-order valence-corrected chi connectivity index (χ2v) is 11.5. The lowest BCUT2D eigenvalue weighted by Gasteiger charge is -2.31. The number of hydrogen-bond acceptors (Lipinski definition) is 9. The molecule has 0 saturated heterocycles. The molecule has 2 N–H and O–H groups in total. The number of benzene rings is 2. The Morgan fingerprint density at radius 3 is 2.60 bits per heavy atom. The Hall–Kier alpha value is -4.03. The summed E-state index contributed by atoms with van der Waals surface area (Å²) in [7, 11) is 1.87. The molecule has 0 radical (unpaired) electrons. The minimum atomic E-state index is -1.16. The van der Waals surface area contributed by atoms with Gasteiger partial charge in [0.15, 0.2) is 5.58 Å². The number of alkyl carbamates (subject to hydrolysis) is 1. The average Bonchev–Trinajstić information content (AvgIpc) is 3.65. The van der Waals surface area contributed by atoms with Gasteiger partial charge >= 0.3 is 6.09 Å². The highest BCUT2D eigenvalue weighted by Crippen LogP contribution is 2.23. The zero-order valence-corrected chi connectivity index (χ0v) is 24.9. The molecule has 0 spiro atoms. The highest BCUT2D eigenvalue weighted by atomic mass is 32.1. The lowest BCUT2D eigenvalue weighted by Crippen LogP contribution is -2.51. The second-order valence-electron chi connectivity index (χ2n) is 10.5. The number of thiazole rings is 1. The minimum absolute atomic E-state index is 0.0354. The SMILES string of the molecule is CCN(C)c1nc2ccc(C(=O)N(CC(C)C)C[C@@H](O)[C@H](Cc3ccc(F)cc3)NC(=O)OCc3cncs3)cc2o1. The van der Waals surface area contributed by atoms with Crippen molar-refractivity contribution in [1.29, 1.82) is 0 Å². The van der Waals surface area contributed by atoms with Crippen molar-refractivity contribution in [1.82, 2.24) is 20.2 Å². The van der Waals surface area contributed by atoms with Gasteiger partial charge in [-0.05, 0) is 55.2 Å². The summed E-state index contributed by atoms with van der Waals surface area (Å²) in [4.78, 5) is 39.0. The molecule has 2 amide bonds. The fraction of sp³-hybridized carbons (Fsp3) is 0.400. The van der Waals surface area contributed by atoms with Crippen molar-refractivity contribution < 1.29 is 28.2 Å². The van der Waals surface area contributed by atoms with E-state index in [-0.39, 0.29) is 31.4 Å². The number of amides is 2. The number of fused-ring (bicyclic) bond motifs is 1. The molecule has 0 aliphatic heterocycles. The number of carbonyl (C=O) groups is 2. The summed E-state index contributed by atoms with van der Waals surface area (Å²) in [6.45, 7) is 6.99. The maximum atomic E-state index is 13.7. The molecule has 2 heterocycles. The fourth-order valence-electron chi connectivity index (χ4n) is 4.36. The molecule has 4 aromatic rings. The van der Waals surface area contributed by atoms with Crippen molar-refractivity contribution in [2.75, 3.05) is 31.6 Å². The molecule has 0 saturated carbocycles. The van der Waals surface area contributed by atoms with E-state index in [1.165, 1.54) is 23.5 Å². The summed E-state index contributed by atoms with van der Waals surface area (Å²) >= 11 is 1.36. The van der Waals surface area contributed by atoms with Crippen molar-refractivity contribution in [3.63, 3.8) is 0 Å². The predicted octanol–water partition coefficient (Wildman–Crippen LogP) is 4.88. The molecule has 12 heteroatoms. The van der Waals surface area contributed by atoms with Gasteiger partial charge in [0.05, 0.1) is 22.5 Å². The van der Waals surface area contributed by atoms with Gasteiger partial charge in [0.2, 0.25) is 0 Å². The third-order valence-corrected chi connectivity index (χ3v) is 7.42. The van der Waals surface area contributed by atoms with Crippen LogP contribution in [-0.4, -0.2) is 70.8 Å². The van der Waals surface area contributed by atoms with E-state index in [0.717, 1.165) is 4.88 Å². The average molecular weight is 598 g/mol. The number of ether oxygens (including phenoxy) is 1. The van der Waals surface area contributed by atoms with Crippen LogP contribution in [0.2, 0.25) is 0 Å². The van der Waals surface area contributed by atoms with Gasteiger partial charge in [-0.2, -0.15) is 4.98 Å². The number of nitrogens with one attached hydrogen (secondary N) is 1. The van der Waals surface area contributed by atoms with Crippen molar-refractivity contribution in [2.24, 2.45) is 5.92 Å². The molecule has 0 bridgehead atoms. The monoisotopic (exact) mass is 597 g/mol. The largest absolute Gasteiger partial charge is 0.444 e. The molecule has 2 atom stereocenters. The van der Waals surface area contributed by atoms with Crippen LogP contribution in [-0.2, 0) is 17.8 Å². The number of rotatable bonds is 13. The summed E-state index contributed by atoms with van der Waals surface area (Å²) < 4.78 is 24.7. The van der Waals surface area contributed by atoms with Gasteiger partial charge in [-0.1, -0.05) is 26.0 Å². The molecule has 2 aromatic carbocycles. The van der Waals surface area contributed by atoms with E-state index in [0.29, 0.717) is 41.3 Å². The number of hydrogen-bond donors (Lipinski definition) is 2. The molecule has 2 aromatic heterocycles. The fourth-order valence-corrected chi connectivity index (χ4v) is 4.87. The Bertz CT molecular complexity index is 1460. The Morgan fingerprint density at radius 2 is 1.93 bits per heavy atom. The topological polar surface area (TPSA) is 121 Å². The van der Waals surface area contributed by atoms with Crippen LogP contribution >= 0.6 is 11.3 Å². The van der Waals surface area contributed by atoms with E-state index in [2.05, 4.69) is 15.3 Å². The Kier molecular flexibility index (Phi) is 10.5. The van der Waals surface area contributed by atoms with Crippen LogP contribution in [0.15, 0.2) is 58.6 Å². The zero-order valence-electron chi connectivity index (χ0n) is 24.1. The molecule has 4 rings (SSSR count). The predicted molar refractivity (Wildman–Crippen MR) is 159 cm³/mol. The minimum Gasteiger partial charge on any atom is -0.444 e. The van der Waals surface area contributed by atoms with Gasteiger partial charge in [-0.25, -0.2) is 9.18 Å². The van der Waals surface area contributed by atoms with E-state index in [4.69, 9.17) is 9.15 Å². The third kappa shape index (κ3) is 8.26. The third-order valence-electron chi connectivity index (χ3n) is 6.67. The molecule has 0 aliphatic carbocycles. The van der Waals surface area contributed by atoms with Gasteiger partial charge in [-0.15, -0.1) is 11.3 Å². The van der Waals surface area contributed by atoms with Crippen LogP contribution in [0.4, 0.5) is 15.2 Å². The van der Waals surface area contributed by atoms with Gasteiger partial charge in [0.1, 0.15) is 17.9 Å². The quantitative estimate of drug-likeness (QED) is 0.224. The number of nitrogens with zero attached hydrogens (tertiary/aromatic N) is 4. The van der Waals surface area contributed by atoms with Gasteiger partial charge in [0.25, 0.3) is 11.9 Å². The van der Waals surface area contributed by atoms with Crippen molar-refractivity contribution in [2.45, 2.75) is 45.9 Å². The number of carbonyl (C=O) groups excluding carboxylic acids is 2. The lowest BCUT2D eigenvalue weighted by molar-refractivity contribution is 0.0494. The van der Waals surface area contributed by atoms with Gasteiger partial charge in [0, 0.05) is 38.4 Å². The number of halogens is 1. The molecular formula is C30H36FN5O5S. The highest BCUT2D eigenvalue weighted by molar-refractivity contribution is 7.09. The molecular weight excluding hydrogens is 561 g/mol. The van der Waals surface area contributed by atoms with Crippen molar-refractivity contribution >= 4 is 40.5 Å². The molecule has 42 heavy (non-hydrogen) atoms. The summed E-state index contributed by atoms with van der Waals surface area (Å²) in [5.41, 5.74) is 3.86. The van der Waals surface area contributed by atoms with Crippen molar-refractivity contribution in [3.8, 4) is 0 Å². The van der Waals surface area contributed by atoms with Crippen molar-refractivity contribution in [3.05, 3.63) is 76.0 Å². The summed E-state index contributed by atoms with van der Waals surface area (Å²) in [6, 6.07) is 10.5. The van der Waals surface area contributed by atoms with Crippen LogP contribution in [0.25, 0.3) is 11.1 Å². The summed E-state index contributed by atoms with van der Waals surface area (Å²) in [5.74, 6) is -0.578. The molecule has 0 aliphatic rings. The molecule has 10 nitrogen and oxygen atoms in total. The Balaban J connectivity index is 1.52. The van der Waals surface area contributed by atoms with E-state index in [1.807, 2.05) is 32.7 Å². The van der Waals surface area contributed by atoms with E-state index < -0.39 is 24.1 Å². The number of anilines is 1. The Morgan fingerprint density at radius 1 is 1.17 bits per heavy atom. The molecule has 224 valence electrons. The first kappa shape index (κ1) is 30.9. The number of aliphatic hydroxyl groups is 1. The number of aliphatic hydroxyl groups excluding tert-OH is 1. The van der Waals surface area contributed by atoms with E-state index in [1.54, 1.807) is 46.9 Å². The first-order valence-corrected chi connectivity index (χ1v) is 14.6. The normalized spacial score (nSPS) is 12.7. The number of aromatic nitrogens is 2. The Labute approximate surface area is 248 Å². The zero-order chi connectivity index (χ0) is 30.2. The van der Waals surface area contributed by atoms with E-state index in [9.17, 15) is 19.1 Å². The second kappa shape index (κ2) is 14.2. The van der Waals surface area contributed by atoms with Crippen LogP contribution in [0.1, 0.15) is 41.6 Å². The van der Waals surface area contributed by atoms with Gasteiger partial charge in [-0.3, -0.25) is 9.78 Å². The molecule has 0 unspecified atom stereocenters. The maximum Gasteiger partial charge on any atom is 0.407 e. The highest BCUT2D eigenvalue weighted by Gasteiger charge is 2.28. The number of oxazole rings is 1. The van der Waals surface area contributed by atoms with Gasteiger partial charge < -0.3 is 29.4 Å². The maximum absolute atomic E-state index is 13.7. The van der Waals surface area contributed by atoms with Crippen LogP contribution in [0.3, 0.4) is 0 Å². The smallest absolute Gasteiger partial charge is 0.407 e. The first-order valence-electron chi connectivity index (χ1n) is 13.8. The standard InChI is InChI=1S/C30H36FN5O5S/c1-5-35(4)29-33-24-11-8-21(13-27(24)41-29)28(38)36(15-19(2)3)16-26(37)25(12-20-6-9-22(31)10-7-20)34-30(39)40-17-23-14-32-18-42-23/h6-11,13-14,18-19,25-26,37H,5,12,15-17H2,1-4H3,(H,34,39)/t25-,26+/m0/s1. The van der Waals surface area contributed by atoms with Crippen LogP contribution in [0.5, 0.6) is 0 Å². The van der Waals surface area contributed by atoms with Crippen LogP contribution in [0, 0.1) is 11.7 Å². The summed E-state index contributed by atoms with van der Waals surface area (Å²) in [6.07, 6.45) is -0.0807. The lowest BCUT2D eigenvalue weighted by atomic mass is 10.00.